The van der Waals surface area contributed by atoms with Gasteiger partial charge in [0.05, 0.1) is 25.8 Å². The molecule has 2 aromatic carbocycles. The number of hydrogen-bond acceptors (Lipinski definition) is 6. The van der Waals surface area contributed by atoms with Crippen molar-refractivity contribution < 1.29 is 18.7 Å². The molecular weight excluding hydrogens is 521 g/mol. The molecule has 1 amide bonds. The van der Waals surface area contributed by atoms with Gasteiger partial charge in [-0.05, 0) is 47.4 Å². The first-order chi connectivity index (χ1) is 19.9. The summed E-state index contributed by atoms with van der Waals surface area (Å²) < 4.78 is 26.8. The number of aromatic amines is 1. The van der Waals surface area contributed by atoms with Crippen LogP contribution in [0.4, 0.5) is 16.0 Å². The summed E-state index contributed by atoms with van der Waals surface area (Å²) in [4.78, 5) is 28.0. The van der Waals surface area contributed by atoms with Crippen LogP contribution in [0, 0.1) is 5.82 Å². The Balaban J connectivity index is 1.25. The molecule has 2 aromatic heterocycles. The lowest BCUT2D eigenvalue weighted by atomic mass is 9.93. The SMILES string of the molecule is COc1ccccc1-c1cc(C(C)C)c(F)c2[nH]c(C(=O)N3CCN(c4cccc(N5CCOCC5)n4)CC3)cc12. The van der Waals surface area contributed by atoms with Gasteiger partial charge in [0.15, 0.2) is 5.82 Å². The van der Waals surface area contributed by atoms with Crippen molar-refractivity contribution in [1.82, 2.24) is 14.9 Å². The van der Waals surface area contributed by atoms with E-state index in [1.807, 2.05) is 67.3 Å². The molecule has 214 valence electrons. The quantitative estimate of drug-likeness (QED) is 0.347. The number of piperazine rings is 1. The maximum Gasteiger partial charge on any atom is 0.270 e. The molecule has 2 fully saturated rings. The van der Waals surface area contributed by atoms with Crippen LogP contribution < -0.4 is 14.5 Å². The third kappa shape index (κ3) is 5.22. The minimum Gasteiger partial charge on any atom is -0.496 e. The van der Waals surface area contributed by atoms with Crippen LogP contribution in [0.1, 0.15) is 35.8 Å². The highest BCUT2D eigenvalue weighted by atomic mass is 19.1. The normalized spacial score (nSPS) is 16.1. The van der Waals surface area contributed by atoms with Gasteiger partial charge in [0.2, 0.25) is 0 Å². The van der Waals surface area contributed by atoms with E-state index in [2.05, 4.69) is 14.8 Å². The highest BCUT2D eigenvalue weighted by Gasteiger charge is 2.27. The Morgan fingerprint density at radius 2 is 1.61 bits per heavy atom. The molecule has 2 aliphatic rings. The van der Waals surface area contributed by atoms with Crippen LogP contribution in [0.3, 0.4) is 0 Å². The summed E-state index contributed by atoms with van der Waals surface area (Å²) in [5, 5.41) is 0.669. The standard InChI is InChI=1S/C32H36FN5O3/c1-21(2)23-19-24(22-7-4-5-8-27(22)40-3)25-20-26(34-31(25)30(23)33)32(39)38-13-11-36(12-14-38)28-9-6-10-29(35-28)37-15-17-41-18-16-37/h4-10,19-21,34H,11-18H2,1-3H3. The first kappa shape index (κ1) is 27.1. The molecule has 9 heteroatoms. The van der Waals surface area contributed by atoms with E-state index in [9.17, 15) is 4.79 Å². The fourth-order valence-corrected chi connectivity index (χ4v) is 5.77. The summed E-state index contributed by atoms with van der Waals surface area (Å²) in [6, 6.07) is 17.5. The maximum atomic E-state index is 15.7. The third-order valence-corrected chi connectivity index (χ3v) is 8.08. The number of methoxy groups -OCH3 is 1. The number of rotatable bonds is 6. The van der Waals surface area contributed by atoms with Gasteiger partial charge in [-0.2, -0.15) is 0 Å². The van der Waals surface area contributed by atoms with Crippen LogP contribution in [0.25, 0.3) is 22.0 Å². The van der Waals surface area contributed by atoms with Crippen molar-refractivity contribution in [3.63, 3.8) is 0 Å². The van der Waals surface area contributed by atoms with Crippen LogP contribution in [0.15, 0.2) is 54.6 Å². The Kier molecular flexibility index (Phi) is 7.53. The highest BCUT2D eigenvalue weighted by molar-refractivity contribution is 6.04. The highest BCUT2D eigenvalue weighted by Crippen LogP contribution is 2.39. The smallest absolute Gasteiger partial charge is 0.270 e. The topological polar surface area (TPSA) is 73.9 Å². The molecule has 4 aromatic rings. The zero-order valence-electron chi connectivity index (χ0n) is 23.8. The van der Waals surface area contributed by atoms with Gasteiger partial charge in [0, 0.05) is 50.2 Å². The van der Waals surface area contributed by atoms with Crippen molar-refractivity contribution in [1.29, 1.82) is 0 Å². The van der Waals surface area contributed by atoms with Crippen LogP contribution in [0.5, 0.6) is 5.75 Å². The second-order valence-corrected chi connectivity index (χ2v) is 10.9. The van der Waals surface area contributed by atoms with Gasteiger partial charge in [-0.25, -0.2) is 9.37 Å². The average molecular weight is 558 g/mol. The van der Waals surface area contributed by atoms with Gasteiger partial charge in [0.25, 0.3) is 5.91 Å². The molecule has 1 N–H and O–H groups in total. The molecular formula is C32H36FN5O3. The average Bonchev–Trinajstić information content (AvgIpc) is 3.48. The molecule has 0 bridgehead atoms. The van der Waals surface area contributed by atoms with Crippen LogP contribution in [0.2, 0.25) is 0 Å². The number of ether oxygens (including phenoxy) is 2. The molecule has 0 saturated carbocycles. The minimum absolute atomic E-state index is 0.0289. The number of anilines is 2. The summed E-state index contributed by atoms with van der Waals surface area (Å²) >= 11 is 0. The predicted molar refractivity (Wildman–Crippen MR) is 160 cm³/mol. The second-order valence-electron chi connectivity index (χ2n) is 10.9. The molecule has 0 atom stereocenters. The zero-order valence-corrected chi connectivity index (χ0v) is 23.8. The molecule has 2 saturated heterocycles. The number of carbonyl (C=O) groups is 1. The van der Waals surface area contributed by atoms with Crippen molar-refractivity contribution in [3.05, 3.63) is 71.7 Å². The van der Waals surface area contributed by atoms with Crippen LogP contribution >= 0.6 is 0 Å². The van der Waals surface area contributed by atoms with Crippen molar-refractivity contribution in [3.8, 4) is 16.9 Å². The number of carbonyl (C=O) groups excluding carboxylic acids is 1. The molecule has 6 rings (SSSR count). The molecule has 41 heavy (non-hydrogen) atoms. The van der Waals surface area contributed by atoms with Gasteiger partial charge < -0.3 is 29.2 Å². The molecule has 0 aliphatic carbocycles. The number of hydrogen-bond donors (Lipinski definition) is 1. The first-order valence-corrected chi connectivity index (χ1v) is 14.3. The summed E-state index contributed by atoms with van der Waals surface area (Å²) in [6.45, 7) is 9.48. The summed E-state index contributed by atoms with van der Waals surface area (Å²) in [6.07, 6.45) is 0. The Morgan fingerprint density at radius 1 is 0.927 bits per heavy atom. The van der Waals surface area contributed by atoms with E-state index in [0.717, 1.165) is 35.9 Å². The van der Waals surface area contributed by atoms with Crippen LogP contribution in [-0.4, -0.2) is 80.4 Å². The fraction of sp³-hybridized carbons (Fsp3) is 0.375. The third-order valence-electron chi connectivity index (χ3n) is 8.08. The number of halogens is 1. The van der Waals surface area contributed by atoms with Crippen LogP contribution in [-0.2, 0) is 4.74 Å². The molecule has 8 nitrogen and oxygen atoms in total. The Hall–Kier alpha value is -4.11. The molecule has 0 unspecified atom stereocenters. The van der Waals surface area contributed by atoms with E-state index in [4.69, 9.17) is 14.5 Å². The van der Waals surface area contributed by atoms with Crippen molar-refractivity contribution >= 4 is 28.4 Å². The number of aromatic nitrogens is 2. The Bertz CT molecular complexity index is 1550. The Morgan fingerprint density at radius 3 is 2.29 bits per heavy atom. The van der Waals surface area contributed by atoms with Crippen molar-refractivity contribution in [2.75, 3.05) is 69.4 Å². The van der Waals surface area contributed by atoms with Gasteiger partial charge in [-0.1, -0.05) is 38.1 Å². The van der Waals surface area contributed by atoms with Gasteiger partial charge >= 0.3 is 0 Å². The maximum absolute atomic E-state index is 15.7. The number of amides is 1. The van der Waals surface area contributed by atoms with E-state index < -0.39 is 0 Å². The first-order valence-electron chi connectivity index (χ1n) is 14.3. The summed E-state index contributed by atoms with van der Waals surface area (Å²) in [5.41, 5.74) is 3.04. The Labute approximate surface area is 239 Å². The number of benzene rings is 2. The fourth-order valence-electron chi connectivity index (χ4n) is 5.77. The monoisotopic (exact) mass is 557 g/mol. The van der Waals surface area contributed by atoms with E-state index in [1.54, 1.807) is 13.2 Å². The number of H-pyrrole nitrogens is 1. The van der Waals surface area contributed by atoms with Crippen molar-refractivity contribution in [2.45, 2.75) is 19.8 Å². The van der Waals surface area contributed by atoms with Gasteiger partial charge in [-0.15, -0.1) is 0 Å². The lowest BCUT2D eigenvalue weighted by Gasteiger charge is -2.36. The van der Waals surface area contributed by atoms with E-state index in [1.165, 1.54) is 0 Å². The number of para-hydroxylation sites is 1. The minimum atomic E-state index is -0.316. The number of nitrogens with zero attached hydrogens (tertiary/aromatic N) is 4. The lowest BCUT2D eigenvalue weighted by Crippen LogP contribution is -2.49. The zero-order chi connectivity index (χ0) is 28.5. The summed E-state index contributed by atoms with van der Waals surface area (Å²) in [5.74, 6) is 2.09. The van der Waals surface area contributed by atoms with Crippen molar-refractivity contribution in [2.24, 2.45) is 0 Å². The van der Waals surface area contributed by atoms with Gasteiger partial charge in [-0.3, -0.25) is 4.79 Å². The molecule has 0 radical (unpaired) electrons. The number of nitrogens with one attached hydrogen (secondary N) is 1. The molecule has 4 heterocycles. The lowest BCUT2D eigenvalue weighted by molar-refractivity contribution is 0.0741. The second kappa shape index (κ2) is 11.4. The summed E-state index contributed by atoms with van der Waals surface area (Å²) in [7, 11) is 1.63. The number of morpholine rings is 1. The van der Waals surface area contributed by atoms with E-state index in [-0.39, 0.29) is 17.6 Å². The number of pyridine rings is 1. The van der Waals surface area contributed by atoms with E-state index in [0.29, 0.717) is 67.3 Å². The largest absolute Gasteiger partial charge is 0.496 e. The number of fused-ring (bicyclic) bond motifs is 1. The molecule has 0 spiro atoms. The van der Waals surface area contributed by atoms with E-state index >= 15 is 4.39 Å². The van der Waals surface area contributed by atoms with Gasteiger partial charge in [0.1, 0.15) is 23.1 Å². The molecule has 2 aliphatic heterocycles. The predicted octanol–water partition coefficient (Wildman–Crippen LogP) is 5.30.